The molecule has 1 nitrogen and oxygen atoms in total. The fourth-order valence-electron chi connectivity index (χ4n) is 2.71. The lowest BCUT2D eigenvalue weighted by Crippen LogP contribution is -2.01. The van der Waals surface area contributed by atoms with Crippen molar-refractivity contribution in [2.75, 3.05) is 0 Å². The summed E-state index contributed by atoms with van der Waals surface area (Å²) in [4.78, 5) is 10.7. The molecule has 0 aliphatic carbocycles. The van der Waals surface area contributed by atoms with Gasteiger partial charge in [0.05, 0.1) is 0 Å². The van der Waals surface area contributed by atoms with E-state index in [9.17, 15) is 9.18 Å². The van der Waals surface area contributed by atoms with Gasteiger partial charge in [-0.15, -0.1) is 0 Å². The monoisotopic (exact) mass is 270 g/mol. The van der Waals surface area contributed by atoms with Crippen LogP contribution < -0.4 is 0 Å². The van der Waals surface area contributed by atoms with Crippen molar-refractivity contribution in [3.8, 4) is 11.1 Å². The Morgan fingerprint density at radius 2 is 1.35 bits per heavy atom. The van der Waals surface area contributed by atoms with E-state index in [1.807, 2.05) is 13.8 Å². The summed E-state index contributed by atoms with van der Waals surface area (Å²) in [7, 11) is 0. The average molecular weight is 270 g/mol. The normalized spacial score (nSPS) is 10.7. The molecule has 0 fully saturated rings. The van der Waals surface area contributed by atoms with Gasteiger partial charge in [-0.2, -0.15) is 0 Å². The predicted octanol–water partition coefficient (Wildman–Crippen LogP) is 4.85. The summed E-state index contributed by atoms with van der Waals surface area (Å²) in [5.74, 6) is -0.344. The van der Waals surface area contributed by atoms with Crippen LogP contribution in [-0.2, 0) is 0 Å². The van der Waals surface area contributed by atoms with Crippen molar-refractivity contribution in [1.82, 2.24) is 0 Å². The fourth-order valence-corrected chi connectivity index (χ4v) is 2.71. The lowest BCUT2D eigenvalue weighted by Gasteiger charge is -2.19. The molecule has 2 rings (SSSR count). The molecule has 0 N–H and O–H groups in total. The lowest BCUT2D eigenvalue weighted by molar-refractivity contribution is 0.112. The van der Waals surface area contributed by atoms with Gasteiger partial charge in [0.1, 0.15) is 12.1 Å². The summed E-state index contributed by atoms with van der Waals surface area (Å²) in [6, 6.07) is 4.66. The Bertz CT molecular complexity index is 670. The van der Waals surface area contributed by atoms with Gasteiger partial charge in [-0.05, 0) is 74.1 Å². The van der Waals surface area contributed by atoms with E-state index in [0.717, 1.165) is 16.7 Å². The molecule has 0 atom stereocenters. The molecule has 104 valence electrons. The largest absolute Gasteiger partial charge is 0.298 e. The minimum atomic E-state index is -0.344. The van der Waals surface area contributed by atoms with Crippen LogP contribution in [0.25, 0.3) is 11.1 Å². The molecule has 0 radical (unpaired) electrons. The molecule has 0 saturated carbocycles. The highest BCUT2D eigenvalue weighted by Gasteiger charge is 2.16. The summed E-state index contributed by atoms with van der Waals surface area (Å²) >= 11 is 0. The summed E-state index contributed by atoms with van der Waals surface area (Å²) in [6.45, 7) is 10.3. The molecule has 0 unspecified atom stereocenters. The van der Waals surface area contributed by atoms with Crippen molar-refractivity contribution in [3.63, 3.8) is 0 Å². The highest BCUT2D eigenvalue weighted by Crippen LogP contribution is 2.35. The molecule has 2 aromatic carbocycles. The molecule has 0 aromatic heterocycles. The van der Waals surface area contributed by atoms with Crippen LogP contribution in [-0.4, -0.2) is 6.29 Å². The summed E-state index contributed by atoms with van der Waals surface area (Å²) in [5.41, 5.74) is 7.73. The molecule has 0 amide bonds. The SMILES string of the molecule is Cc1c(C)c(C)c(-c2ccc(C=O)cc2F)c(C)c1C. The first-order valence-electron chi connectivity index (χ1n) is 6.70. The van der Waals surface area contributed by atoms with E-state index < -0.39 is 0 Å². The Morgan fingerprint density at radius 3 is 1.80 bits per heavy atom. The van der Waals surface area contributed by atoms with Crippen molar-refractivity contribution in [1.29, 1.82) is 0 Å². The van der Waals surface area contributed by atoms with Gasteiger partial charge >= 0.3 is 0 Å². The van der Waals surface area contributed by atoms with Crippen molar-refractivity contribution in [2.45, 2.75) is 34.6 Å². The number of benzene rings is 2. The molecule has 0 aliphatic heterocycles. The number of aldehydes is 1. The van der Waals surface area contributed by atoms with E-state index in [1.165, 1.54) is 22.8 Å². The minimum Gasteiger partial charge on any atom is -0.298 e. The third kappa shape index (κ3) is 2.15. The minimum absolute atomic E-state index is 0.344. The lowest BCUT2D eigenvalue weighted by atomic mass is 9.86. The number of carbonyl (C=O) groups is 1. The Hall–Kier alpha value is -1.96. The van der Waals surface area contributed by atoms with E-state index in [-0.39, 0.29) is 5.82 Å². The van der Waals surface area contributed by atoms with Gasteiger partial charge in [0.2, 0.25) is 0 Å². The zero-order valence-corrected chi connectivity index (χ0v) is 12.6. The Kier molecular flexibility index (Phi) is 3.76. The molecular formula is C18H19FO. The van der Waals surface area contributed by atoms with E-state index in [2.05, 4.69) is 20.8 Å². The fraction of sp³-hybridized carbons (Fsp3) is 0.278. The summed E-state index contributed by atoms with van der Waals surface area (Å²) < 4.78 is 14.3. The van der Waals surface area contributed by atoms with Crippen LogP contribution in [0.3, 0.4) is 0 Å². The molecule has 0 saturated heterocycles. The highest BCUT2D eigenvalue weighted by atomic mass is 19.1. The van der Waals surface area contributed by atoms with Gasteiger partial charge in [0, 0.05) is 11.1 Å². The van der Waals surface area contributed by atoms with Crippen molar-refractivity contribution >= 4 is 6.29 Å². The van der Waals surface area contributed by atoms with E-state index >= 15 is 0 Å². The molecule has 2 heteroatoms. The maximum Gasteiger partial charge on any atom is 0.150 e. The van der Waals surface area contributed by atoms with Crippen LogP contribution in [0.5, 0.6) is 0 Å². The third-order valence-corrected chi connectivity index (χ3v) is 4.40. The number of rotatable bonds is 2. The maximum atomic E-state index is 14.3. The van der Waals surface area contributed by atoms with Crippen molar-refractivity contribution in [2.24, 2.45) is 0 Å². The van der Waals surface area contributed by atoms with Gasteiger partial charge in [0.15, 0.2) is 0 Å². The second-order valence-corrected chi connectivity index (χ2v) is 5.36. The first-order chi connectivity index (χ1) is 9.38. The molecular weight excluding hydrogens is 251 g/mol. The van der Waals surface area contributed by atoms with E-state index in [4.69, 9.17) is 0 Å². The molecule has 0 spiro atoms. The Balaban J connectivity index is 2.80. The molecule has 20 heavy (non-hydrogen) atoms. The zero-order valence-electron chi connectivity index (χ0n) is 12.6. The smallest absolute Gasteiger partial charge is 0.150 e. The quantitative estimate of drug-likeness (QED) is 0.713. The topological polar surface area (TPSA) is 17.1 Å². The second-order valence-electron chi connectivity index (χ2n) is 5.36. The van der Waals surface area contributed by atoms with Crippen molar-refractivity contribution in [3.05, 3.63) is 57.4 Å². The average Bonchev–Trinajstić information content (AvgIpc) is 2.44. The summed E-state index contributed by atoms with van der Waals surface area (Å²) in [5, 5.41) is 0. The number of hydrogen-bond donors (Lipinski definition) is 0. The van der Waals surface area contributed by atoms with Gasteiger partial charge in [-0.1, -0.05) is 12.1 Å². The molecule has 0 aliphatic rings. The van der Waals surface area contributed by atoms with Gasteiger partial charge in [-0.25, -0.2) is 4.39 Å². The first kappa shape index (κ1) is 14.4. The first-order valence-corrected chi connectivity index (χ1v) is 6.70. The van der Waals surface area contributed by atoms with Gasteiger partial charge in [-0.3, -0.25) is 4.79 Å². The highest BCUT2D eigenvalue weighted by molar-refractivity contribution is 5.80. The molecule has 2 aromatic rings. The number of carbonyl (C=O) groups excluding carboxylic acids is 1. The van der Waals surface area contributed by atoms with E-state index in [1.54, 1.807) is 12.1 Å². The van der Waals surface area contributed by atoms with Crippen LogP contribution in [0.15, 0.2) is 18.2 Å². The summed E-state index contributed by atoms with van der Waals surface area (Å²) in [6.07, 6.45) is 0.665. The van der Waals surface area contributed by atoms with Crippen LogP contribution in [0.2, 0.25) is 0 Å². The van der Waals surface area contributed by atoms with Crippen LogP contribution >= 0.6 is 0 Å². The molecule has 0 heterocycles. The number of halogens is 1. The third-order valence-electron chi connectivity index (χ3n) is 4.40. The van der Waals surface area contributed by atoms with Crippen LogP contribution in [0.1, 0.15) is 38.2 Å². The van der Waals surface area contributed by atoms with Crippen LogP contribution in [0.4, 0.5) is 4.39 Å². The maximum absolute atomic E-state index is 14.3. The zero-order chi connectivity index (χ0) is 15.0. The van der Waals surface area contributed by atoms with Crippen molar-refractivity contribution < 1.29 is 9.18 Å². The Labute approximate surface area is 119 Å². The van der Waals surface area contributed by atoms with E-state index in [0.29, 0.717) is 17.4 Å². The van der Waals surface area contributed by atoms with Crippen LogP contribution in [0, 0.1) is 40.4 Å². The Morgan fingerprint density at radius 1 is 0.850 bits per heavy atom. The standard InChI is InChI=1S/C18H19FO/c1-10-11(2)13(4)18(14(5)12(10)3)16-7-6-15(9-20)8-17(16)19/h6-9H,1-5H3. The second kappa shape index (κ2) is 5.20. The van der Waals surface area contributed by atoms with Gasteiger partial charge in [0.25, 0.3) is 0 Å². The van der Waals surface area contributed by atoms with Gasteiger partial charge < -0.3 is 0 Å². The molecule has 0 bridgehead atoms. The predicted molar refractivity (Wildman–Crippen MR) is 80.9 cm³/mol. The number of hydrogen-bond acceptors (Lipinski definition) is 1.